The molecule has 0 unspecified atom stereocenters. The van der Waals surface area contributed by atoms with Gasteiger partial charge in [-0.05, 0) is 80.6 Å². The van der Waals surface area contributed by atoms with E-state index in [0.717, 1.165) is 0 Å². The van der Waals surface area contributed by atoms with E-state index in [0.29, 0.717) is 30.1 Å². The van der Waals surface area contributed by atoms with Crippen LogP contribution in [0, 0.1) is 13.0 Å². The maximum absolute atomic E-state index is 13.2. The van der Waals surface area contributed by atoms with Crippen molar-refractivity contribution in [2.24, 2.45) is 5.10 Å². The van der Waals surface area contributed by atoms with E-state index in [4.69, 9.17) is 4.74 Å². The molecule has 0 aliphatic rings. The summed E-state index contributed by atoms with van der Waals surface area (Å²) in [5.41, 5.74) is 1.25. The number of ether oxygens (including phenoxy) is 1. The third-order valence-electron chi connectivity index (χ3n) is 3.46. The summed E-state index contributed by atoms with van der Waals surface area (Å²) < 4.78 is 108. The zero-order valence-corrected chi connectivity index (χ0v) is 18.7. The van der Waals surface area contributed by atoms with E-state index >= 15 is 0 Å². The molecule has 0 atom stereocenters. The van der Waals surface area contributed by atoms with Crippen LogP contribution in [-0.2, 0) is 6.61 Å². The number of alkyl halides is 7. The summed E-state index contributed by atoms with van der Waals surface area (Å²) in [6, 6.07) is 2.83. The maximum Gasteiger partial charge on any atom is 0.462 e. The van der Waals surface area contributed by atoms with E-state index in [1.807, 2.05) is 45.2 Å². The third-order valence-corrected chi connectivity index (χ3v) is 5.06. The van der Waals surface area contributed by atoms with Gasteiger partial charge in [0.2, 0.25) is 0 Å². The number of nitrogens with zero attached hydrogens (tertiary/aromatic N) is 1. The van der Waals surface area contributed by atoms with Crippen molar-refractivity contribution in [1.29, 1.82) is 0 Å². The van der Waals surface area contributed by atoms with Crippen molar-refractivity contribution >= 4 is 51.4 Å². The number of hydrogen-bond donors (Lipinski definition) is 1. The normalized spacial score (nSPS) is 13.0. The van der Waals surface area contributed by atoms with Crippen LogP contribution in [0.4, 0.5) is 35.1 Å². The number of benzene rings is 2. The molecular weight excluding hydrogens is 654 g/mol. The van der Waals surface area contributed by atoms with Gasteiger partial charge in [0, 0.05) is 0 Å². The Hall–Kier alpha value is -1.39. The fourth-order valence-electron chi connectivity index (χ4n) is 2.01. The molecule has 30 heavy (non-hydrogen) atoms. The second-order valence-corrected chi connectivity index (χ2v) is 8.07. The maximum atomic E-state index is 13.2. The number of hydrogen-bond acceptors (Lipinski definition) is 3. The topological polar surface area (TPSA) is 33.6 Å². The van der Waals surface area contributed by atoms with Crippen molar-refractivity contribution < 1.29 is 39.9 Å². The molecule has 0 bridgehead atoms. The molecule has 3 nitrogen and oxygen atoms in total. The molecule has 0 saturated carbocycles. The fourth-order valence-corrected chi connectivity index (χ4v) is 4.14. The highest BCUT2D eigenvalue weighted by atomic mass is 127. The second kappa shape index (κ2) is 9.40. The highest BCUT2D eigenvalue weighted by Crippen LogP contribution is 2.45. The van der Waals surface area contributed by atoms with Crippen LogP contribution >= 0.6 is 45.2 Å². The Kier molecular flexibility index (Phi) is 7.79. The van der Waals surface area contributed by atoms with Crippen molar-refractivity contribution in [2.75, 3.05) is 0 Å². The van der Waals surface area contributed by atoms with E-state index in [2.05, 4.69) is 5.10 Å². The Bertz CT molecular complexity index is 911. The van der Waals surface area contributed by atoms with Gasteiger partial charge in [0.15, 0.2) is 0 Å². The minimum Gasteiger partial charge on any atom is -0.487 e. The molecule has 0 aromatic heterocycles. The van der Waals surface area contributed by atoms with E-state index in [-0.39, 0.29) is 12.2 Å². The molecule has 0 heterocycles. The van der Waals surface area contributed by atoms with Gasteiger partial charge in [-0.25, -0.2) is 9.82 Å². The lowest BCUT2D eigenvalue weighted by Crippen LogP contribution is -2.58. The zero-order chi connectivity index (χ0) is 22.7. The summed E-state index contributed by atoms with van der Waals surface area (Å²) >= 11 is 3.70. The molecule has 2 aromatic rings. The molecule has 2 aromatic carbocycles. The predicted octanol–water partition coefficient (Wildman–Crippen LogP) is 6.33. The predicted molar refractivity (Wildman–Crippen MR) is 109 cm³/mol. The monoisotopic (exact) mass is 664 g/mol. The first-order valence-corrected chi connectivity index (χ1v) is 9.89. The SMILES string of the molecule is Fc1cccc(COc2c(I)cc(/C=N/NC(F)(F)C(F)(F)C(F)(F)F)cc2I)c1. The van der Waals surface area contributed by atoms with Gasteiger partial charge < -0.3 is 4.74 Å². The summed E-state index contributed by atoms with van der Waals surface area (Å²) in [6.45, 7) is 0.0392. The van der Waals surface area contributed by atoms with Crippen molar-refractivity contribution in [1.82, 2.24) is 5.43 Å². The van der Waals surface area contributed by atoms with Gasteiger partial charge >= 0.3 is 18.1 Å². The molecule has 0 aliphatic carbocycles. The summed E-state index contributed by atoms with van der Waals surface area (Å²) in [5.74, 6) is -6.36. The van der Waals surface area contributed by atoms with Gasteiger partial charge in [0.1, 0.15) is 18.2 Å². The smallest absolute Gasteiger partial charge is 0.462 e. The van der Waals surface area contributed by atoms with Gasteiger partial charge in [0.25, 0.3) is 0 Å². The van der Waals surface area contributed by atoms with Crippen LogP contribution in [0.25, 0.3) is 0 Å². The van der Waals surface area contributed by atoms with Gasteiger partial charge in [-0.3, -0.25) is 0 Å². The Labute approximate surface area is 192 Å². The van der Waals surface area contributed by atoms with Gasteiger partial charge in [-0.15, -0.1) is 0 Å². The van der Waals surface area contributed by atoms with Crippen LogP contribution in [0.15, 0.2) is 41.5 Å². The minimum atomic E-state index is -6.45. The van der Waals surface area contributed by atoms with Crippen molar-refractivity contribution in [3.8, 4) is 5.75 Å². The van der Waals surface area contributed by atoms with Crippen LogP contribution in [0.1, 0.15) is 11.1 Å². The summed E-state index contributed by atoms with van der Waals surface area (Å²) in [4.78, 5) is 0. The molecule has 13 heteroatoms. The molecule has 0 radical (unpaired) electrons. The highest BCUT2D eigenvalue weighted by molar-refractivity contribution is 14.1. The van der Waals surface area contributed by atoms with Crippen LogP contribution in [-0.4, -0.2) is 24.4 Å². The molecule has 0 spiro atoms. The van der Waals surface area contributed by atoms with E-state index in [9.17, 15) is 35.1 Å². The first-order chi connectivity index (χ1) is 13.7. The summed E-state index contributed by atoms with van der Waals surface area (Å²) in [7, 11) is 0. The number of nitrogens with one attached hydrogen (secondary N) is 1. The number of halogens is 10. The Morgan fingerprint density at radius 2 is 1.57 bits per heavy atom. The fraction of sp³-hybridized carbons (Fsp3) is 0.235. The van der Waals surface area contributed by atoms with Crippen LogP contribution in [0.5, 0.6) is 5.75 Å². The van der Waals surface area contributed by atoms with Gasteiger partial charge in [-0.1, -0.05) is 12.1 Å². The average molecular weight is 664 g/mol. The van der Waals surface area contributed by atoms with Crippen LogP contribution in [0.3, 0.4) is 0 Å². The lowest BCUT2D eigenvalue weighted by Gasteiger charge is -2.27. The standard InChI is InChI=1S/C17H10F8I2N2O/c18-11-3-1-2-9(4-11)8-30-14-12(26)5-10(6-13(14)27)7-28-29-17(24,25)15(19,20)16(21,22)23/h1-7,29H,8H2/b28-7+. The molecular formula is C17H10F8I2N2O. The third kappa shape index (κ3) is 5.85. The number of hydrazone groups is 1. The number of rotatable bonds is 7. The van der Waals surface area contributed by atoms with Crippen molar-refractivity contribution in [3.63, 3.8) is 0 Å². The Balaban J connectivity index is 2.11. The molecule has 0 fully saturated rings. The first kappa shape index (κ1) is 24.9. The molecule has 164 valence electrons. The first-order valence-electron chi connectivity index (χ1n) is 7.73. The van der Waals surface area contributed by atoms with E-state index in [1.165, 1.54) is 30.3 Å². The quantitative estimate of drug-likeness (QED) is 0.124. The lowest BCUT2D eigenvalue weighted by molar-refractivity contribution is -0.361. The molecule has 0 aliphatic heterocycles. The summed E-state index contributed by atoms with van der Waals surface area (Å²) in [5, 5.41) is 2.81. The second-order valence-electron chi connectivity index (χ2n) is 5.75. The highest BCUT2D eigenvalue weighted by Gasteiger charge is 2.73. The lowest BCUT2D eigenvalue weighted by atomic mass is 10.2. The van der Waals surface area contributed by atoms with Crippen molar-refractivity contribution in [2.45, 2.75) is 24.8 Å². The van der Waals surface area contributed by atoms with E-state index in [1.54, 1.807) is 6.07 Å². The Morgan fingerprint density at radius 3 is 2.10 bits per heavy atom. The molecule has 2 rings (SSSR count). The average Bonchev–Trinajstić information content (AvgIpc) is 2.60. The summed E-state index contributed by atoms with van der Waals surface area (Å²) in [6.07, 6.45) is -5.79. The molecule has 0 amide bonds. The van der Waals surface area contributed by atoms with Crippen LogP contribution < -0.4 is 10.2 Å². The van der Waals surface area contributed by atoms with Gasteiger partial charge in [-0.2, -0.15) is 35.8 Å². The minimum absolute atomic E-state index is 0.0392. The Morgan fingerprint density at radius 1 is 0.967 bits per heavy atom. The van der Waals surface area contributed by atoms with E-state index < -0.39 is 24.0 Å². The van der Waals surface area contributed by atoms with Gasteiger partial charge in [0.05, 0.1) is 13.4 Å². The van der Waals surface area contributed by atoms with Crippen molar-refractivity contribution in [3.05, 3.63) is 60.5 Å². The largest absolute Gasteiger partial charge is 0.487 e. The molecule has 1 N–H and O–H groups in total. The van der Waals surface area contributed by atoms with Crippen LogP contribution in [0.2, 0.25) is 0 Å². The molecule has 0 saturated heterocycles. The zero-order valence-electron chi connectivity index (χ0n) is 14.4.